The first-order chi connectivity index (χ1) is 13.3. The number of halogens is 1. The smallest absolute Gasteiger partial charge is 0.150 e. The second kappa shape index (κ2) is 6.80. The maximum Gasteiger partial charge on any atom is 0.150 e. The Labute approximate surface area is 168 Å². The summed E-state index contributed by atoms with van der Waals surface area (Å²) in [5.41, 5.74) is 10.3. The normalized spacial score (nSPS) is 16.9. The van der Waals surface area contributed by atoms with Gasteiger partial charge in [0.15, 0.2) is 0 Å². The largest absolute Gasteiger partial charge is 0.396 e. The molecule has 0 bridgehead atoms. The number of nitriles is 1. The van der Waals surface area contributed by atoms with Crippen LogP contribution in [0.15, 0.2) is 30.7 Å². The van der Waals surface area contributed by atoms with Crippen molar-refractivity contribution >= 4 is 38.0 Å². The highest BCUT2D eigenvalue weighted by Crippen LogP contribution is 2.40. The number of pyridine rings is 1. The van der Waals surface area contributed by atoms with Gasteiger partial charge in [-0.2, -0.15) is 5.26 Å². The van der Waals surface area contributed by atoms with Gasteiger partial charge in [-0.25, -0.2) is 8.42 Å². The number of hydrogen-bond donors (Lipinski definition) is 1. The van der Waals surface area contributed by atoms with E-state index in [0.717, 1.165) is 22.0 Å². The van der Waals surface area contributed by atoms with Crippen molar-refractivity contribution in [3.05, 3.63) is 46.9 Å². The lowest BCUT2D eigenvalue weighted by Gasteiger charge is -2.24. The van der Waals surface area contributed by atoms with Gasteiger partial charge >= 0.3 is 0 Å². The van der Waals surface area contributed by atoms with Gasteiger partial charge < -0.3 is 10.3 Å². The highest BCUT2D eigenvalue weighted by molar-refractivity contribution is 7.91. The van der Waals surface area contributed by atoms with Gasteiger partial charge in [0.05, 0.1) is 40.0 Å². The predicted octanol–water partition coefficient (Wildman–Crippen LogP) is 3.87. The Balaban J connectivity index is 1.95. The molecule has 0 spiro atoms. The highest BCUT2D eigenvalue weighted by atomic mass is 35.5. The SMILES string of the molecule is Cc1cc2c(cc1C#N)c(-c1cncc(N)c1Cl)cn2C1CCS(=O)(=O)CC1. The third-order valence-corrected chi connectivity index (χ3v) is 7.55. The number of rotatable bonds is 2. The third kappa shape index (κ3) is 3.13. The van der Waals surface area contributed by atoms with Crippen molar-refractivity contribution in [2.24, 2.45) is 0 Å². The molecule has 0 saturated carbocycles. The van der Waals surface area contributed by atoms with Crippen LogP contribution in [-0.4, -0.2) is 29.5 Å². The van der Waals surface area contributed by atoms with E-state index in [9.17, 15) is 13.7 Å². The fourth-order valence-electron chi connectivity index (χ4n) is 3.84. The van der Waals surface area contributed by atoms with E-state index in [1.165, 1.54) is 6.20 Å². The molecule has 1 aromatic carbocycles. The summed E-state index contributed by atoms with van der Waals surface area (Å²) in [5, 5.41) is 10.8. The van der Waals surface area contributed by atoms with Crippen molar-refractivity contribution < 1.29 is 8.42 Å². The molecular formula is C20H19ClN4O2S. The van der Waals surface area contributed by atoms with Gasteiger partial charge in [-0.05, 0) is 37.5 Å². The first-order valence-corrected chi connectivity index (χ1v) is 11.2. The molecule has 3 aromatic rings. The van der Waals surface area contributed by atoms with Crippen molar-refractivity contribution in [1.29, 1.82) is 5.26 Å². The summed E-state index contributed by atoms with van der Waals surface area (Å²) >= 11 is 6.45. The van der Waals surface area contributed by atoms with Gasteiger partial charge in [-0.15, -0.1) is 0 Å². The molecule has 6 nitrogen and oxygen atoms in total. The minimum absolute atomic E-state index is 0.0694. The standard InChI is InChI=1S/C20H19ClN4O2S/c1-12-6-19-15(7-13(12)8-22)17(16-9-24-10-18(23)20(16)21)11-25(19)14-2-4-28(26,27)5-3-14/h6-7,9-11,14H,2-5,23H2,1H3. The second-order valence-electron chi connectivity index (χ2n) is 7.22. The summed E-state index contributed by atoms with van der Waals surface area (Å²) < 4.78 is 25.8. The molecule has 2 N–H and O–H groups in total. The van der Waals surface area contributed by atoms with E-state index < -0.39 is 9.84 Å². The van der Waals surface area contributed by atoms with Crippen LogP contribution in [0.1, 0.15) is 30.0 Å². The van der Waals surface area contributed by atoms with E-state index >= 15 is 0 Å². The minimum atomic E-state index is -2.96. The maximum atomic E-state index is 11.9. The maximum absolute atomic E-state index is 11.9. The monoisotopic (exact) mass is 414 g/mol. The fourth-order valence-corrected chi connectivity index (χ4v) is 5.51. The van der Waals surface area contributed by atoms with Crippen LogP contribution < -0.4 is 5.73 Å². The average Bonchev–Trinajstić information content (AvgIpc) is 3.01. The number of anilines is 1. The molecule has 0 aliphatic carbocycles. The number of hydrogen-bond acceptors (Lipinski definition) is 5. The quantitative estimate of drug-likeness (QED) is 0.685. The van der Waals surface area contributed by atoms with Gasteiger partial charge in [0.1, 0.15) is 9.84 Å². The summed E-state index contributed by atoms with van der Waals surface area (Å²) in [7, 11) is -2.96. The highest BCUT2D eigenvalue weighted by Gasteiger charge is 2.27. The van der Waals surface area contributed by atoms with E-state index in [0.29, 0.717) is 34.7 Å². The first-order valence-electron chi connectivity index (χ1n) is 8.96. The van der Waals surface area contributed by atoms with Crippen LogP contribution in [0.3, 0.4) is 0 Å². The summed E-state index contributed by atoms with van der Waals surface area (Å²) in [4.78, 5) is 4.17. The van der Waals surface area contributed by atoms with Crippen LogP contribution in [0.5, 0.6) is 0 Å². The molecule has 0 atom stereocenters. The molecule has 4 rings (SSSR count). The molecule has 1 saturated heterocycles. The molecule has 1 aliphatic rings. The lowest BCUT2D eigenvalue weighted by Crippen LogP contribution is -2.25. The van der Waals surface area contributed by atoms with Crippen molar-refractivity contribution in [2.45, 2.75) is 25.8 Å². The number of nitrogens with zero attached hydrogens (tertiary/aromatic N) is 3. The average molecular weight is 415 g/mol. The number of fused-ring (bicyclic) bond motifs is 1. The molecule has 3 heterocycles. The Morgan fingerprint density at radius 1 is 1.25 bits per heavy atom. The topological polar surface area (TPSA) is 102 Å². The molecule has 0 radical (unpaired) electrons. The van der Waals surface area contributed by atoms with E-state index in [-0.39, 0.29) is 17.5 Å². The van der Waals surface area contributed by atoms with Crippen LogP contribution in [0.2, 0.25) is 5.02 Å². The fraction of sp³-hybridized carbons (Fsp3) is 0.300. The molecule has 0 unspecified atom stereocenters. The Morgan fingerprint density at radius 2 is 1.96 bits per heavy atom. The van der Waals surface area contributed by atoms with Crippen LogP contribution in [0.4, 0.5) is 5.69 Å². The second-order valence-corrected chi connectivity index (χ2v) is 9.90. The summed E-state index contributed by atoms with van der Waals surface area (Å²) in [6, 6.07) is 6.14. The minimum Gasteiger partial charge on any atom is -0.396 e. The van der Waals surface area contributed by atoms with Crippen LogP contribution >= 0.6 is 11.6 Å². The summed E-state index contributed by atoms with van der Waals surface area (Å²) in [5.74, 6) is 0.366. The number of nitrogen functional groups attached to an aromatic ring is 1. The number of sulfone groups is 1. The van der Waals surface area contributed by atoms with E-state index in [1.54, 1.807) is 6.20 Å². The Kier molecular flexibility index (Phi) is 4.56. The molecule has 1 aliphatic heterocycles. The lowest BCUT2D eigenvalue weighted by molar-refractivity contribution is 0.461. The first kappa shape index (κ1) is 18.8. The molecule has 0 amide bonds. The zero-order chi connectivity index (χ0) is 20.1. The van der Waals surface area contributed by atoms with Crippen molar-refractivity contribution in [3.63, 3.8) is 0 Å². The van der Waals surface area contributed by atoms with E-state index in [1.807, 2.05) is 25.3 Å². The lowest BCUT2D eigenvalue weighted by atomic mass is 10.0. The number of aromatic nitrogens is 2. The molecule has 8 heteroatoms. The molecule has 2 aromatic heterocycles. The summed E-state index contributed by atoms with van der Waals surface area (Å²) in [6.45, 7) is 1.90. The van der Waals surface area contributed by atoms with Crippen molar-refractivity contribution in [3.8, 4) is 17.2 Å². The predicted molar refractivity (Wildman–Crippen MR) is 111 cm³/mol. The van der Waals surface area contributed by atoms with Crippen LogP contribution in [0, 0.1) is 18.3 Å². The Hall–Kier alpha value is -2.56. The van der Waals surface area contributed by atoms with E-state index in [2.05, 4.69) is 15.6 Å². The number of aryl methyl sites for hydroxylation is 1. The number of benzene rings is 1. The third-order valence-electron chi connectivity index (χ3n) is 5.41. The summed E-state index contributed by atoms with van der Waals surface area (Å²) in [6.07, 6.45) is 6.27. The van der Waals surface area contributed by atoms with Crippen molar-refractivity contribution in [2.75, 3.05) is 17.2 Å². The number of nitrogens with two attached hydrogens (primary N) is 1. The van der Waals surface area contributed by atoms with Gasteiger partial charge in [-0.3, -0.25) is 4.98 Å². The zero-order valence-corrected chi connectivity index (χ0v) is 16.9. The van der Waals surface area contributed by atoms with Gasteiger partial charge in [0.25, 0.3) is 0 Å². The van der Waals surface area contributed by atoms with Gasteiger partial charge in [0, 0.05) is 40.5 Å². The van der Waals surface area contributed by atoms with Crippen molar-refractivity contribution in [1.82, 2.24) is 9.55 Å². The Bertz CT molecular complexity index is 1230. The van der Waals surface area contributed by atoms with E-state index in [4.69, 9.17) is 17.3 Å². The van der Waals surface area contributed by atoms with Gasteiger partial charge in [-0.1, -0.05) is 11.6 Å². The van der Waals surface area contributed by atoms with Gasteiger partial charge in [0.2, 0.25) is 0 Å². The Morgan fingerprint density at radius 3 is 2.64 bits per heavy atom. The zero-order valence-electron chi connectivity index (χ0n) is 15.3. The molecular weight excluding hydrogens is 396 g/mol. The molecule has 28 heavy (non-hydrogen) atoms. The molecule has 144 valence electrons. The van der Waals surface area contributed by atoms with Crippen LogP contribution in [0.25, 0.3) is 22.0 Å². The molecule has 1 fully saturated rings. The van der Waals surface area contributed by atoms with Crippen LogP contribution in [-0.2, 0) is 9.84 Å².